The van der Waals surface area contributed by atoms with Crippen molar-refractivity contribution in [3.8, 4) is 5.75 Å². The van der Waals surface area contributed by atoms with Crippen molar-refractivity contribution in [2.24, 2.45) is 0 Å². The molecule has 29 heavy (non-hydrogen) atoms. The van der Waals surface area contributed by atoms with Gasteiger partial charge in [-0.2, -0.15) is 0 Å². The zero-order chi connectivity index (χ0) is 20.8. The van der Waals surface area contributed by atoms with Gasteiger partial charge >= 0.3 is 0 Å². The number of nitrogens with one attached hydrogen (secondary N) is 2. The first-order valence-corrected chi connectivity index (χ1v) is 10.2. The minimum atomic E-state index is -0.524. The van der Waals surface area contributed by atoms with E-state index in [0.717, 1.165) is 10.6 Å². The van der Waals surface area contributed by atoms with Crippen LogP contribution in [-0.4, -0.2) is 48.1 Å². The molecule has 0 saturated carbocycles. The van der Waals surface area contributed by atoms with Gasteiger partial charge in [-0.25, -0.2) is 0 Å². The number of rotatable bonds is 7. The second-order valence-corrected chi connectivity index (χ2v) is 7.70. The first kappa shape index (κ1) is 20.7. The van der Waals surface area contributed by atoms with Crippen molar-refractivity contribution in [3.05, 3.63) is 48.5 Å². The molecule has 2 N–H and O–H groups in total. The van der Waals surface area contributed by atoms with Gasteiger partial charge in [0.05, 0.1) is 30.3 Å². The van der Waals surface area contributed by atoms with Gasteiger partial charge in [0.2, 0.25) is 17.7 Å². The van der Waals surface area contributed by atoms with Crippen molar-refractivity contribution in [1.29, 1.82) is 0 Å². The lowest BCUT2D eigenvalue weighted by Crippen LogP contribution is -2.41. The monoisotopic (exact) mass is 413 g/mol. The normalized spacial score (nSPS) is 15.1. The fourth-order valence-electron chi connectivity index (χ4n) is 3.00. The number of nitrogens with zero attached hydrogens (tertiary/aromatic N) is 1. The van der Waals surface area contributed by atoms with E-state index in [1.165, 1.54) is 23.8 Å². The number of hydrogen-bond acceptors (Lipinski definition) is 5. The highest BCUT2D eigenvalue weighted by Gasteiger charge is 2.30. The number of benzene rings is 2. The van der Waals surface area contributed by atoms with Gasteiger partial charge in [0, 0.05) is 17.9 Å². The van der Waals surface area contributed by atoms with Gasteiger partial charge in [0.15, 0.2) is 0 Å². The van der Waals surface area contributed by atoms with Gasteiger partial charge in [-0.15, -0.1) is 11.8 Å². The Morgan fingerprint density at radius 3 is 2.66 bits per heavy atom. The average molecular weight is 413 g/mol. The van der Waals surface area contributed by atoms with Gasteiger partial charge in [-0.05, 0) is 31.2 Å². The van der Waals surface area contributed by atoms with Gasteiger partial charge < -0.3 is 20.3 Å². The van der Waals surface area contributed by atoms with Crippen LogP contribution in [-0.2, 0) is 14.4 Å². The minimum absolute atomic E-state index is 0.0284. The highest BCUT2D eigenvalue weighted by molar-refractivity contribution is 8.01. The second-order valence-electron chi connectivity index (χ2n) is 6.45. The topological polar surface area (TPSA) is 87.7 Å². The van der Waals surface area contributed by atoms with E-state index in [1.54, 1.807) is 31.2 Å². The summed E-state index contributed by atoms with van der Waals surface area (Å²) in [5.41, 5.74) is 1.30. The van der Waals surface area contributed by atoms with Crippen molar-refractivity contribution in [2.45, 2.75) is 23.5 Å². The molecule has 0 fully saturated rings. The van der Waals surface area contributed by atoms with Gasteiger partial charge in [-0.3, -0.25) is 14.4 Å². The molecule has 0 aliphatic carbocycles. The van der Waals surface area contributed by atoms with Crippen LogP contribution in [0.2, 0.25) is 0 Å². The first-order valence-electron chi connectivity index (χ1n) is 9.29. The Kier molecular flexibility index (Phi) is 6.77. The number of thioether (sulfide) groups is 1. The summed E-state index contributed by atoms with van der Waals surface area (Å²) in [6.07, 6.45) is 0.0284. The molecule has 0 aromatic heterocycles. The van der Waals surface area contributed by atoms with E-state index in [2.05, 4.69) is 10.6 Å². The minimum Gasteiger partial charge on any atom is -0.495 e. The highest BCUT2D eigenvalue weighted by Crippen LogP contribution is 2.36. The highest BCUT2D eigenvalue weighted by atomic mass is 32.2. The standard InChI is InChI=1S/C21H23N3O4S/c1-3-24(13-19(25)22-14-8-4-6-10-16(14)28-2)20(26)12-18-21(27)23-15-9-5-7-11-17(15)29-18/h4-11,18H,3,12-13H2,1-2H3,(H,22,25)(H,23,27). The Hall–Kier alpha value is -3.00. The third-order valence-corrected chi connectivity index (χ3v) is 5.79. The van der Waals surface area contributed by atoms with Crippen LogP contribution in [0.25, 0.3) is 0 Å². The molecule has 1 aliphatic rings. The summed E-state index contributed by atoms with van der Waals surface area (Å²) < 4.78 is 5.22. The number of hydrogen-bond donors (Lipinski definition) is 2. The summed E-state index contributed by atoms with van der Waals surface area (Å²) in [6, 6.07) is 14.6. The van der Waals surface area contributed by atoms with E-state index in [9.17, 15) is 14.4 Å². The fourth-order valence-corrected chi connectivity index (χ4v) is 4.10. The maximum Gasteiger partial charge on any atom is 0.244 e. The van der Waals surface area contributed by atoms with Crippen LogP contribution in [0.15, 0.2) is 53.4 Å². The number of carbonyl (C=O) groups excluding carboxylic acids is 3. The van der Waals surface area contributed by atoms with Crippen molar-refractivity contribution in [1.82, 2.24) is 4.90 Å². The molecule has 2 aromatic rings. The Balaban J connectivity index is 1.60. The summed E-state index contributed by atoms with van der Waals surface area (Å²) in [7, 11) is 1.53. The third kappa shape index (κ3) is 5.08. The second kappa shape index (κ2) is 9.47. The van der Waals surface area contributed by atoms with E-state index in [0.29, 0.717) is 18.0 Å². The molecular weight excluding hydrogens is 390 g/mol. The van der Waals surface area contributed by atoms with Crippen molar-refractivity contribution >= 4 is 40.9 Å². The van der Waals surface area contributed by atoms with E-state index in [4.69, 9.17) is 4.74 Å². The van der Waals surface area contributed by atoms with Crippen LogP contribution in [0, 0.1) is 0 Å². The third-order valence-electron chi connectivity index (χ3n) is 4.52. The van der Waals surface area contributed by atoms with Crippen LogP contribution in [0.5, 0.6) is 5.75 Å². The first-order chi connectivity index (χ1) is 14.0. The van der Waals surface area contributed by atoms with Gasteiger partial charge in [0.1, 0.15) is 5.75 Å². The molecule has 1 heterocycles. The molecule has 1 aliphatic heterocycles. The number of methoxy groups -OCH3 is 1. The number of anilines is 2. The molecule has 0 radical (unpaired) electrons. The molecule has 1 unspecified atom stereocenters. The predicted octanol–water partition coefficient (Wildman–Crippen LogP) is 2.99. The van der Waals surface area contributed by atoms with E-state index in [-0.39, 0.29) is 30.7 Å². The molecule has 0 spiro atoms. The van der Waals surface area contributed by atoms with Crippen molar-refractivity contribution < 1.29 is 19.1 Å². The molecule has 7 nitrogen and oxygen atoms in total. The molecule has 8 heteroatoms. The number of carbonyl (C=O) groups is 3. The summed E-state index contributed by atoms with van der Waals surface area (Å²) >= 11 is 1.37. The predicted molar refractivity (Wildman–Crippen MR) is 113 cm³/mol. The smallest absolute Gasteiger partial charge is 0.244 e. The van der Waals surface area contributed by atoms with Gasteiger partial charge in [-0.1, -0.05) is 24.3 Å². The summed E-state index contributed by atoms with van der Waals surface area (Å²) in [6.45, 7) is 2.08. The van der Waals surface area contributed by atoms with E-state index in [1.807, 2.05) is 24.3 Å². The molecule has 152 valence electrons. The largest absolute Gasteiger partial charge is 0.495 e. The molecule has 0 saturated heterocycles. The zero-order valence-corrected chi connectivity index (χ0v) is 17.1. The quantitative estimate of drug-likeness (QED) is 0.729. The van der Waals surface area contributed by atoms with Crippen LogP contribution >= 0.6 is 11.8 Å². The Labute approximate surface area is 173 Å². The lowest BCUT2D eigenvalue weighted by Gasteiger charge is -2.26. The average Bonchev–Trinajstić information content (AvgIpc) is 2.72. The number of para-hydroxylation sites is 3. The van der Waals surface area contributed by atoms with Crippen LogP contribution in [0.4, 0.5) is 11.4 Å². The zero-order valence-electron chi connectivity index (χ0n) is 16.3. The number of likely N-dealkylation sites (N-methyl/N-ethyl adjacent to an activating group) is 1. The molecule has 3 rings (SSSR count). The summed E-state index contributed by atoms with van der Waals surface area (Å²) in [5, 5.41) is 5.07. The van der Waals surface area contributed by atoms with E-state index >= 15 is 0 Å². The number of ether oxygens (including phenoxy) is 1. The number of amides is 3. The van der Waals surface area contributed by atoms with Crippen LogP contribution in [0.3, 0.4) is 0 Å². The van der Waals surface area contributed by atoms with Crippen molar-refractivity contribution in [2.75, 3.05) is 30.8 Å². The lowest BCUT2D eigenvalue weighted by atomic mass is 10.2. The molecule has 1 atom stereocenters. The van der Waals surface area contributed by atoms with Crippen LogP contribution in [0.1, 0.15) is 13.3 Å². The van der Waals surface area contributed by atoms with Crippen molar-refractivity contribution in [3.63, 3.8) is 0 Å². The van der Waals surface area contributed by atoms with Gasteiger partial charge in [0.25, 0.3) is 0 Å². The lowest BCUT2D eigenvalue weighted by molar-refractivity contribution is -0.135. The SMILES string of the molecule is CCN(CC(=O)Nc1ccccc1OC)C(=O)CC1Sc2ccccc2NC1=O. The number of fused-ring (bicyclic) bond motifs is 1. The fraction of sp³-hybridized carbons (Fsp3) is 0.286. The Morgan fingerprint density at radius 2 is 1.90 bits per heavy atom. The maximum atomic E-state index is 12.7. The Bertz CT molecular complexity index is 918. The molecule has 2 aromatic carbocycles. The molecule has 0 bridgehead atoms. The van der Waals surface area contributed by atoms with Crippen LogP contribution < -0.4 is 15.4 Å². The Morgan fingerprint density at radius 1 is 1.17 bits per heavy atom. The molecule has 3 amide bonds. The summed E-state index contributed by atoms with van der Waals surface area (Å²) in [4.78, 5) is 39.9. The maximum absolute atomic E-state index is 12.7. The van der Waals surface area contributed by atoms with E-state index < -0.39 is 5.25 Å². The molecular formula is C21H23N3O4S. The summed E-state index contributed by atoms with van der Waals surface area (Å²) in [5.74, 6) is -0.216.